The van der Waals surface area contributed by atoms with E-state index in [1.165, 1.54) is 30.0 Å². The number of aliphatic hydroxyl groups excluding tert-OH is 1. The fraction of sp³-hybridized carbons (Fsp3) is 0.417. The second-order valence-corrected chi connectivity index (χ2v) is 4.99. The van der Waals surface area contributed by atoms with Crippen LogP contribution in [-0.2, 0) is 0 Å². The molecule has 16 heavy (non-hydrogen) atoms. The normalized spacial score (nSPS) is 12.4. The second kappa shape index (κ2) is 6.66. The maximum Gasteiger partial charge on any atom is 0.172 e. The van der Waals surface area contributed by atoms with Gasteiger partial charge in [0.25, 0.3) is 0 Å². The first-order chi connectivity index (χ1) is 7.63. The third-order valence-electron chi connectivity index (χ3n) is 2.18. The largest absolute Gasteiger partial charge is 0.396 e. The number of aliphatic hydroxyl groups is 1. The first-order valence-corrected chi connectivity index (χ1v) is 6.19. The predicted octanol–water partition coefficient (Wildman–Crippen LogP) is 2.51. The van der Waals surface area contributed by atoms with Crippen LogP contribution >= 0.6 is 11.8 Å². The number of rotatable bonds is 6. The zero-order chi connectivity index (χ0) is 12.0. The Balaban J connectivity index is 2.47. The van der Waals surface area contributed by atoms with E-state index in [2.05, 4.69) is 0 Å². The molecule has 0 amide bonds. The highest BCUT2D eigenvalue weighted by molar-refractivity contribution is 8.00. The minimum absolute atomic E-state index is 0.0747. The first kappa shape index (κ1) is 13.2. The predicted molar refractivity (Wildman–Crippen MR) is 64.4 cm³/mol. The number of hydrogen-bond donors (Lipinski definition) is 1. The third-order valence-corrected chi connectivity index (χ3v) is 3.41. The van der Waals surface area contributed by atoms with Gasteiger partial charge in [-0.1, -0.05) is 19.1 Å². The van der Waals surface area contributed by atoms with Gasteiger partial charge < -0.3 is 5.11 Å². The highest BCUT2D eigenvalue weighted by atomic mass is 32.2. The van der Waals surface area contributed by atoms with E-state index < -0.39 is 0 Å². The Morgan fingerprint density at radius 1 is 1.56 bits per heavy atom. The van der Waals surface area contributed by atoms with Crippen molar-refractivity contribution in [1.82, 2.24) is 0 Å². The van der Waals surface area contributed by atoms with Crippen LogP contribution < -0.4 is 0 Å². The molecule has 1 atom stereocenters. The molecule has 1 aromatic carbocycles. The molecule has 88 valence electrons. The van der Waals surface area contributed by atoms with E-state index in [0.29, 0.717) is 17.7 Å². The van der Waals surface area contributed by atoms with Crippen molar-refractivity contribution in [2.24, 2.45) is 0 Å². The molecular formula is C12H15FO2S. The van der Waals surface area contributed by atoms with Crippen LogP contribution in [0.4, 0.5) is 4.39 Å². The van der Waals surface area contributed by atoms with E-state index in [0.717, 1.165) is 0 Å². The molecule has 1 N–H and O–H groups in total. The second-order valence-electron chi connectivity index (χ2n) is 3.57. The van der Waals surface area contributed by atoms with Crippen molar-refractivity contribution in [2.75, 3.05) is 12.4 Å². The molecule has 0 spiro atoms. The van der Waals surface area contributed by atoms with Crippen molar-refractivity contribution in [3.63, 3.8) is 0 Å². The Morgan fingerprint density at radius 3 is 2.94 bits per heavy atom. The van der Waals surface area contributed by atoms with Gasteiger partial charge in [0.1, 0.15) is 5.82 Å². The molecule has 0 aliphatic rings. The van der Waals surface area contributed by atoms with Gasteiger partial charge in [0.05, 0.1) is 5.75 Å². The summed E-state index contributed by atoms with van der Waals surface area (Å²) in [5.74, 6) is -0.140. The summed E-state index contributed by atoms with van der Waals surface area (Å²) in [6.07, 6.45) is 0.668. The number of benzene rings is 1. The van der Waals surface area contributed by atoms with Crippen LogP contribution in [0.5, 0.6) is 0 Å². The summed E-state index contributed by atoms with van der Waals surface area (Å²) in [4.78, 5) is 11.7. The van der Waals surface area contributed by atoms with E-state index in [-0.39, 0.29) is 23.5 Å². The minimum atomic E-state index is -0.390. The smallest absolute Gasteiger partial charge is 0.172 e. The number of hydrogen-bond acceptors (Lipinski definition) is 3. The van der Waals surface area contributed by atoms with Crippen molar-refractivity contribution >= 4 is 17.5 Å². The van der Waals surface area contributed by atoms with Crippen molar-refractivity contribution < 1.29 is 14.3 Å². The lowest BCUT2D eigenvalue weighted by Gasteiger charge is -2.08. The van der Waals surface area contributed by atoms with Crippen LogP contribution in [0.25, 0.3) is 0 Å². The zero-order valence-corrected chi connectivity index (χ0v) is 9.97. The molecule has 0 saturated heterocycles. The summed E-state index contributed by atoms with van der Waals surface area (Å²) >= 11 is 1.48. The molecule has 0 fully saturated rings. The van der Waals surface area contributed by atoms with E-state index in [1.54, 1.807) is 6.07 Å². The number of halogens is 1. The van der Waals surface area contributed by atoms with Crippen molar-refractivity contribution in [1.29, 1.82) is 0 Å². The average molecular weight is 242 g/mol. The average Bonchev–Trinajstić information content (AvgIpc) is 2.26. The number of carbonyl (C=O) groups is 1. The maximum atomic E-state index is 12.9. The van der Waals surface area contributed by atoms with Gasteiger partial charge in [-0.3, -0.25) is 4.79 Å². The summed E-state index contributed by atoms with van der Waals surface area (Å²) in [7, 11) is 0. The lowest BCUT2D eigenvalue weighted by atomic mass is 10.1. The number of Topliss-reactive ketones (excluding diaryl/α,β-unsaturated/α-hetero) is 1. The van der Waals surface area contributed by atoms with E-state index >= 15 is 0 Å². The topological polar surface area (TPSA) is 37.3 Å². The molecule has 0 aliphatic heterocycles. The molecule has 0 aliphatic carbocycles. The standard InChI is InChI=1S/C12H15FO2S/c1-9(5-6-14)16-8-12(15)10-3-2-4-11(13)7-10/h2-4,7,9,14H,5-6,8H2,1H3. The zero-order valence-electron chi connectivity index (χ0n) is 9.15. The Hall–Kier alpha value is -0.870. The molecule has 1 unspecified atom stereocenters. The Kier molecular flexibility index (Phi) is 5.49. The van der Waals surface area contributed by atoms with Gasteiger partial charge in [0.15, 0.2) is 5.78 Å². The van der Waals surface area contributed by atoms with Crippen LogP contribution in [0.1, 0.15) is 23.7 Å². The lowest BCUT2D eigenvalue weighted by molar-refractivity contribution is 0.102. The fourth-order valence-corrected chi connectivity index (χ4v) is 2.10. The lowest BCUT2D eigenvalue weighted by Crippen LogP contribution is -2.08. The SMILES string of the molecule is CC(CCO)SCC(=O)c1cccc(F)c1. The summed E-state index contributed by atoms with van der Waals surface area (Å²) in [5.41, 5.74) is 0.406. The van der Waals surface area contributed by atoms with Gasteiger partial charge in [-0.25, -0.2) is 4.39 Å². The Bertz CT molecular complexity index is 355. The summed E-state index contributed by atoms with van der Waals surface area (Å²) in [6.45, 7) is 2.09. The fourth-order valence-electron chi connectivity index (χ4n) is 1.23. The van der Waals surface area contributed by atoms with Gasteiger partial charge in [-0.15, -0.1) is 0 Å². The number of ketones is 1. The van der Waals surface area contributed by atoms with Crippen molar-refractivity contribution in [3.05, 3.63) is 35.6 Å². The maximum absolute atomic E-state index is 12.9. The quantitative estimate of drug-likeness (QED) is 0.779. The first-order valence-electron chi connectivity index (χ1n) is 5.14. The van der Waals surface area contributed by atoms with Gasteiger partial charge in [0, 0.05) is 17.4 Å². The van der Waals surface area contributed by atoms with E-state index in [9.17, 15) is 9.18 Å². The van der Waals surface area contributed by atoms with E-state index in [1.807, 2.05) is 6.92 Å². The van der Waals surface area contributed by atoms with Gasteiger partial charge in [0.2, 0.25) is 0 Å². The number of carbonyl (C=O) groups excluding carboxylic acids is 1. The summed E-state index contributed by atoms with van der Waals surface area (Å²) in [5, 5.41) is 8.95. The van der Waals surface area contributed by atoms with Crippen LogP contribution in [0.3, 0.4) is 0 Å². The third kappa shape index (κ3) is 4.33. The van der Waals surface area contributed by atoms with Crippen molar-refractivity contribution in [3.8, 4) is 0 Å². The van der Waals surface area contributed by atoms with Gasteiger partial charge in [-0.05, 0) is 18.6 Å². The summed E-state index contributed by atoms with van der Waals surface area (Å²) < 4.78 is 12.9. The van der Waals surface area contributed by atoms with Gasteiger partial charge >= 0.3 is 0 Å². The Labute approximate surface area is 98.9 Å². The molecule has 4 heteroatoms. The van der Waals surface area contributed by atoms with Crippen LogP contribution in [0.2, 0.25) is 0 Å². The van der Waals surface area contributed by atoms with Gasteiger partial charge in [-0.2, -0.15) is 11.8 Å². The van der Waals surface area contributed by atoms with E-state index in [4.69, 9.17) is 5.11 Å². The number of thioether (sulfide) groups is 1. The molecule has 0 aromatic heterocycles. The molecule has 2 nitrogen and oxygen atoms in total. The molecular weight excluding hydrogens is 227 g/mol. The summed E-state index contributed by atoms with van der Waals surface area (Å²) in [6, 6.07) is 5.71. The molecule has 1 rings (SSSR count). The molecule has 1 aromatic rings. The monoisotopic (exact) mass is 242 g/mol. The molecule has 0 bridgehead atoms. The highest BCUT2D eigenvalue weighted by Gasteiger charge is 2.09. The van der Waals surface area contributed by atoms with Crippen LogP contribution in [0.15, 0.2) is 24.3 Å². The van der Waals surface area contributed by atoms with Crippen LogP contribution in [0, 0.1) is 5.82 Å². The van der Waals surface area contributed by atoms with Crippen molar-refractivity contribution in [2.45, 2.75) is 18.6 Å². The Morgan fingerprint density at radius 2 is 2.31 bits per heavy atom. The highest BCUT2D eigenvalue weighted by Crippen LogP contribution is 2.16. The van der Waals surface area contributed by atoms with Crippen LogP contribution in [-0.4, -0.2) is 28.5 Å². The molecule has 0 saturated carbocycles. The minimum Gasteiger partial charge on any atom is -0.396 e. The molecule has 0 heterocycles. The molecule has 0 radical (unpaired) electrons.